The first kappa shape index (κ1) is 17.4. The molecule has 0 spiro atoms. The Kier molecular flexibility index (Phi) is 12.5. The van der Waals surface area contributed by atoms with Crippen LogP contribution in [0.15, 0.2) is 0 Å². The first-order chi connectivity index (χ1) is 8.74. The van der Waals surface area contributed by atoms with E-state index < -0.39 is 0 Å². The molecular formula is C15H32N2O. The molecule has 3 heteroatoms. The summed E-state index contributed by atoms with van der Waals surface area (Å²) in [6, 6.07) is 0. The summed E-state index contributed by atoms with van der Waals surface area (Å²) in [5.74, 6) is 0.843. The molecule has 1 amide bonds. The van der Waals surface area contributed by atoms with Gasteiger partial charge in [0.2, 0.25) is 5.91 Å². The van der Waals surface area contributed by atoms with Crippen molar-refractivity contribution in [2.75, 3.05) is 13.1 Å². The van der Waals surface area contributed by atoms with Crippen molar-refractivity contribution in [1.29, 1.82) is 0 Å². The van der Waals surface area contributed by atoms with E-state index in [0.717, 1.165) is 32.4 Å². The molecular weight excluding hydrogens is 224 g/mol. The highest BCUT2D eigenvalue weighted by Crippen LogP contribution is 2.16. The Morgan fingerprint density at radius 3 is 2.44 bits per heavy atom. The summed E-state index contributed by atoms with van der Waals surface area (Å²) in [7, 11) is 0. The van der Waals surface area contributed by atoms with E-state index in [1.807, 2.05) is 0 Å². The minimum Gasteiger partial charge on any atom is -0.356 e. The zero-order chi connectivity index (χ0) is 13.6. The van der Waals surface area contributed by atoms with Crippen molar-refractivity contribution in [3.63, 3.8) is 0 Å². The lowest BCUT2D eigenvalue weighted by Crippen LogP contribution is -2.25. The van der Waals surface area contributed by atoms with Gasteiger partial charge in [-0.05, 0) is 31.7 Å². The molecule has 0 saturated heterocycles. The summed E-state index contributed by atoms with van der Waals surface area (Å²) < 4.78 is 0. The molecule has 0 heterocycles. The second kappa shape index (κ2) is 12.9. The van der Waals surface area contributed by atoms with E-state index in [0.29, 0.717) is 12.3 Å². The fourth-order valence-electron chi connectivity index (χ4n) is 2.28. The maximum absolute atomic E-state index is 11.6. The molecule has 0 aliphatic heterocycles. The van der Waals surface area contributed by atoms with Crippen LogP contribution < -0.4 is 11.1 Å². The van der Waals surface area contributed by atoms with E-state index in [2.05, 4.69) is 19.2 Å². The molecule has 3 nitrogen and oxygen atoms in total. The third-order valence-electron chi connectivity index (χ3n) is 3.40. The molecule has 0 aliphatic rings. The first-order valence-electron chi connectivity index (χ1n) is 7.71. The van der Waals surface area contributed by atoms with Crippen LogP contribution in [0.2, 0.25) is 0 Å². The largest absolute Gasteiger partial charge is 0.356 e. The lowest BCUT2D eigenvalue weighted by atomic mass is 9.94. The number of amides is 1. The van der Waals surface area contributed by atoms with Gasteiger partial charge in [0, 0.05) is 13.0 Å². The van der Waals surface area contributed by atoms with Gasteiger partial charge in [-0.1, -0.05) is 46.0 Å². The highest BCUT2D eigenvalue weighted by molar-refractivity contribution is 5.75. The summed E-state index contributed by atoms with van der Waals surface area (Å²) >= 11 is 0. The maximum Gasteiger partial charge on any atom is 0.220 e. The van der Waals surface area contributed by atoms with E-state index in [-0.39, 0.29) is 5.91 Å². The second-order valence-electron chi connectivity index (χ2n) is 5.18. The fraction of sp³-hybridized carbons (Fsp3) is 0.933. The second-order valence-corrected chi connectivity index (χ2v) is 5.18. The van der Waals surface area contributed by atoms with E-state index in [1.165, 1.54) is 32.1 Å². The number of carbonyl (C=O) groups excluding carboxylic acids is 1. The van der Waals surface area contributed by atoms with Gasteiger partial charge < -0.3 is 11.1 Å². The summed E-state index contributed by atoms with van der Waals surface area (Å²) in [5.41, 5.74) is 5.59. The number of rotatable bonds is 12. The van der Waals surface area contributed by atoms with Crippen LogP contribution in [0.25, 0.3) is 0 Å². The minimum absolute atomic E-state index is 0.213. The van der Waals surface area contributed by atoms with Crippen LogP contribution in [0.5, 0.6) is 0 Å². The molecule has 0 fully saturated rings. The molecule has 0 aromatic heterocycles. The van der Waals surface area contributed by atoms with Crippen LogP contribution in [-0.4, -0.2) is 19.0 Å². The van der Waals surface area contributed by atoms with Crippen molar-refractivity contribution in [2.24, 2.45) is 11.7 Å². The molecule has 0 aromatic carbocycles. The Bertz CT molecular complexity index is 189. The van der Waals surface area contributed by atoms with Crippen molar-refractivity contribution in [3.05, 3.63) is 0 Å². The molecule has 0 radical (unpaired) electrons. The average Bonchev–Trinajstić information content (AvgIpc) is 2.36. The Balaban J connectivity index is 3.54. The smallest absolute Gasteiger partial charge is 0.220 e. The van der Waals surface area contributed by atoms with E-state index in [1.54, 1.807) is 0 Å². The number of nitrogens with two attached hydrogens (primary N) is 1. The van der Waals surface area contributed by atoms with Gasteiger partial charge in [-0.3, -0.25) is 4.79 Å². The van der Waals surface area contributed by atoms with E-state index >= 15 is 0 Å². The van der Waals surface area contributed by atoms with Crippen molar-refractivity contribution in [1.82, 2.24) is 5.32 Å². The normalized spacial score (nSPS) is 12.4. The minimum atomic E-state index is 0.213. The van der Waals surface area contributed by atoms with Gasteiger partial charge >= 0.3 is 0 Å². The predicted octanol–water partition coefficient (Wildman–Crippen LogP) is 3.23. The lowest BCUT2D eigenvalue weighted by molar-refractivity contribution is -0.121. The van der Waals surface area contributed by atoms with Crippen LogP contribution in [0.1, 0.15) is 71.6 Å². The van der Waals surface area contributed by atoms with Gasteiger partial charge in [-0.15, -0.1) is 0 Å². The molecule has 1 atom stereocenters. The summed E-state index contributed by atoms with van der Waals surface area (Å²) in [6.45, 7) is 5.97. The maximum atomic E-state index is 11.6. The monoisotopic (exact) mass is 256 g/mol. The zero-order valence-corrected chi connectivity index (χ0v) is 12.3. The molecule has 108 valence electrons. The molecule has 0 rings (SSSR count). The molecule has 0 bridgehead atoms. The number of hydrogen-bond donors (Lipinski definition) is 2. The molecule has 3 N–H and O–H groups in total. The van der Waals surface area contributed by atoms with Crippen LogP contribution in [0.3, 0.4) is 0 Å². The SMILES string of the molecule is CCCCCCNC(=O)CCC(CCC)CCN. The Labute approximate surface area is 113 Å². The Morgan fingerprint density at radius 1 is 1.06 bits per heavy atom. The third kappa shape index (κ3) is 10.6. The van der Waals surface area contributed by atoms with Crippen molar-refractivity contribution < 1.29 is 4.79 Å². The molecule has 0 aliphatic carbocycles. The van der Waals surface area contributed by atoms with Crippen molar-refractivity contribution in [3.8, 4) is 0 Å². The zero-order valence-electron chi connectivity index (χ0n) is 12.3. The first-order valence-corrected chi connectivity index (χ1v) is 7.71. The van der Waals surface area contributed by atoms with E-state index in [4.69, 9.17) is 5.73 Å². The van der Waals surface area contributed by atoms with Crippen LogP contribution in [0.4, 0.5) is 0 Å². The van der Waals surface area contributed by atoms with Crippen LogP contribution in [-0.2, 0) is 4.79 Å². The average molecular weight is 256 g/mol. The van der Waals surface area contributed by atoms with Crippen molar-refractivity contribution in [2.45, 2.75) is 71.6 Å². The quantitative estimate of drug-likeness (QED) is 0.527. The summed E-state index contributed by atoms with van der Waals surface area (Å²) in [4.78, 5) is 11.6. The number of unbranched alkanes of at least 4 members (excludes halogenated alkanes) is 3. The summed E-state index contributed by atoms with van der Waals surface area (Å²) in [5, 5.41) is 3.01. The topological polar surface area (TPSA) is 55.1 Å². The van der Waals surface area contributed by atoms with Crippen LogP contribution in [0, 0.1) is 5.92 Å². The number of nitrogens with one attached hydrogen (secondary N) is 1. The number of hydrogen-bond acceptors (Lipinski definition) is 2. The lowest BCUT2D eigenvalue weighted by Gasteiger charge is -2.14. The molecule has 18 heavy (non-hydrogen) atoms. The van der Waals surface area contributed by atoms with Gasteiger partial charge in [0.25, 0.3) is 0 Å². The van der Waals surface area contributed by atoms with Gasteiger partial charge in [-0.25, -0.2) is 0 Å². The van der Waals surface area contributed by atoms with Gasteiger partial charge in [-0.2, -0.15) is 0 Å². The third-order valence-corrected chi connectivity index (χ3v) is 3.40. The van der Waals surface area contributed by atoms with Crippen LogP contribution >= 0.6 is 0 Å². The highest BCUT2D eigenvalue weighted by atomic mass is 16.1. The molecule has 0 saturated carbocycles. The van der Waals surface area contributed by atoms with Gasteiger partial charge in [0.05, 0.1) is 0 Å². The standard InChI is InChI=1S/C15H32N2O/c1-3-5-6-7-13-17-15(18)10-9-14(8-4-2)11-12-16/h14H,3-13,16H2,1-2H3,(H,17,18). The molecule has 0 aromatic rings. The number of carbonyl (C=O) groups is 1. The van der Waals surface area contributed by atoms with Crippen molar-refractivity contribution >= 4 is 5.91 Å². The fourth-order valence-corrected chi connectivity index (χ4v) is 2.28. The Morgan fingerprint density at radius 2 is 1.83 bits per heavy atom. The Hall–Kier alpha value is -0.570. The van der Waals surface area contributed by atoms with E-state index in [9.17, 15) is 4.79 Å². The van der Waals surface area contributed by atoms with Gasteiger partial charge in [0.1, 0.15) is 0 Å². The van der Waals surface area contributed by atoms with Gasteiger partial charge in [0.15, 0.2) is 0 Å². The predicted molar refractivity (Wildman–Crippen MR) is 78.5 cm³/mol. The summed E-state index contributed by atoms with van der Waals surface area (Å²) in [6.07, 6.45) is 9.94. The molecule has 1 unspecified atom stereocenters. The highest BCUT2D eigenvalue weighted by Gasteiger charge is 2.09.